The topological polar surface area (TPSA) is 56.6 Å². The van der Waals surface area contributed by atoms with Gasteiger partial charge in [-0.1, -0.05) is 18.2 Å². The summed E-state index contributed by atoms with van der Waals surface area (Å²) in [6.07, 6.45) is 0. The molecule has 0 aliphatic heterocycles. The van der Waals surface area contributed by atoms with Crippen LogP contribution in [0.15, 0.2) is 42.5 Å². The van der Waals surface area contributed by atoms with Gasteiger partial charge < -0.3 is 18.9 Å². The Labute approximate surface area is 153 Å². The first-order valence-corrected chi connectivity index (χ1v) is 8.40. The molecule has 0 bridgehead atoms. The second-order valence-corrected chi connectivity index (χ2v) is 6.17. The van der Waals surface area contributed by atoms with Gasteiger partial charge in [-0.25, -0.2) is 4.98 Å². The maximum atomic E-state index is 11.6. The van der Waals surface area contributed by atoms with Crippen molar-refractivity contribution in [3.8, 4) is 11.5 Å². The Kier molecular flexibility index (Phi) is 5.11. The van der Waals surface area contributed by atoms with Gasteiger partial charge in [0.25, 0.3) is 0 Å². The molecule has 0 N–H and O–H groups in total. The van der Waals surface area contributed by atoms with Crippen molar-refractivity contribution in [2.45, 2.75) is 20.0 Å². The van der Waals surface area contributed by atoms with E-state index in [0.717, 1.165) is 22.4 Å². The summed E-state index contributed by atoms with van der Waals surface area (Å²) in [4.78, 5) is 18.0. The van der Waals surface area contributed by atoms with Gasteiger partial charge in [-0.2, -0.15) is 0 Å². The third-order valence-corrected chi connectivity index (χ3v) is 4.44. The zero-order valence-corrected chi connectivity index (χ0v) is 15.5. The van der Waals surface area contributed by atoms with Crippen LogP contribution in [0.5, 0.6) is 11.5 Å². The summed E-state index contributed by atoms with van der Waals surface area (Å²) in [7, 11) is 5.03. The average molecular weight is 353 g/mol. The number of carbonyl (C=O) groups is 1. The smallest absolute Gasteiger partial charge is 0.219 e. The van der Waals surface area contributed by atoms with Crippen molar-refractivity contribution in [2.24, 2.45) is 0 Å². The van der Waals surface area contributed by atoms with Crippen molar-refractivity contribution >= 4 is 16.9 Å². The SMILES string of the molecule is COc1ccc(Cn2c(CN(C)C(C)=O)nc3ccccc32)cc1OC. The maximum Gasteiger partial charge on any atom is 0.219 e. The molecule has 6 nitrogen and oxygen atoms in total. The van der Waals surface area contributed by atoms with Crippen LogP contribution >= 0.6 is 0 Å². The summed E-state index contributed by atoms with van der Waals surface area (Å²) in [6.45, 7) is 2.64. The van der Waals surface area contributed by atoms with Gasteiger partial charge in [-0.05, 0) is 29.8 Å². The van der Waals surface area contributed by atoms with Gasteiger partial charge in [0.05, 0.1) is 31.8 Å². The van der Waals surface area contributed by atoms with Crippen LogP contribution in [0.1, 0.15) is 18.3 Å². The van der Waals surface area contributed by atoms with Crippen LogP contribution in [0.2, 0.25) is 0 Å². The molecular weight excluding hydrogens is 330 g/mol. The van der Waals surface area contributed by atoms with Crippen molar-refractivity contribution in [3.05, 3.63) is 53.9 Å². The molecule has 0 radical (unpaired) electrons. The molecule has 0 saturated heterocycles. The van der Waals surface area contributed by atoms with Crippen LogP contribution in [0.3, 0.4) is 0 Å². The van der Waals surface area contributed by atoms with E-state index in [9.17, 15) is 4.79 Å². The fourth-order valence-electron chi connectivity index (χ4n) is 2.91. The molecule has 0 atom stereocenters. The molecule has 0 fully saturated rings. The molecule has 1 aromatic heterocycles. The van der Waals surface area contributed by atoms with Crippen molar-refractivity contribution < 1.29 is 14.3 Å². The van der Waals surface area contributed by atoms with E-state index in [4.69, 9.17) is 14.5 Å². The monoisotopic (exact) mass is 353 g/mol. The van der Waals surface area contributed by atoms with Crippen LogP contribution < -0.4 is 9.47 Å². The van der Waals surface area contributed by atoms with Gasteiger partial charge >= 0.3 is 0 Å². The molecule has 136 valence electrons. The fourth-order valence-corrected chi connectivity index (χ4v) is 2.91. The minimum Gasteiger partial charge on any atom is -0.493 e. The first-order valence-electron chi connectivity index (χ1n) is 8.40. The lowest BCUT2D eigenvalue weighted by molar-refractivity contribution is -0.128. The number of carbonyl (C=O) groups excluding carboxylic acids is 1. The zero-order valence-electron chi connectivity index (χ0n) is 15.5. The molecule has 0 aliphatic rings. The fraction of sp³-hybridized carbons (Fsp3) is 0.300. The molecule has 0 aliphatic carbocycles. The molecule has 3 aromatic rings. The predicted molar refractivity (Wildman–Crippen MR) is 101 cm³/mol. The summed E-state index contributed by atoms with van der Waals surface area (Å²) >= 11 is 0. The first-order chi connectivity index (χ1) is 12.5. The molecule has 3 rings (SSSR count). The molecule has 1 heterocycles. The lowest BCUT2D eigenvalue weighted by atomic mass is 10.2. The third-order valence-electron chi connectivity index (χ3n) is 4.44. The summed E-state index contributed by atoms with van der Waals surface area (Å²) in [5, 5.41) is 0. The van der Waals surface area contributed by atoms with Crippen molar-refractivity contribution in [3.63, 3.8) is 0 Å². The Morgan fingerprint density at radius 2 is 1.85 bits per heavy atom. The van der Waals surface area contributed by atoms with E-state index >= 15 is 0 Å². The molecule has 1 amide bonds. The summed E-state index contributed by atoms with van der Waals surface area (Å²) in [6, 6.07) is 13.9. The highest BCUT2D eigenvalue weighted by Gasteiger charge is 2.15. The van der Waals surface area contributed by atoms with Gasteiger partial charge in [-0.15, -0.1) is 0 Å². The molecule has 2 aromatic carbocycles. The normalized spacial score (nSPS) is 10.8. The highest BCUT2D eigenvalue weighted by molar-refractivity contribution is 5.76. The largest absolute Gasteiger partial charge is 0.493 e. The lowest BCUT2D eigenvalue weighted by Gasteiger charge is -2.17. The van der Waals surface area contributed by atoms with Crippen molar-refractivity contribution in [1.82, 2.24) is 14.5 Å². The third kappa shape index (κ3) is 3.49. The van der Waals surface area contributed by atoms with E-state index in [1.54, 1.807) is 33.1 Å². The van der Waals surface area contributed by atoms with E-state index in [1.165, 1.54) is 0 Å². The quantitative estimate of drug-likeness (QED) is 0.683. The predicted octanol–water partition coefficient (Wildman–Crippen LogP) is 3.08. The minimum absolute atomic E-state index is 0.00900. The van der Waals surface area contributed by atoms with Crippen molar-refractivity contribution in [2.75, 3.05) is 21.3 Å². The minimum atomic E-state index is 0.00900. The molecule has 0 unspecified atom stereocenters. The van der Waals surface area contributed by atoms with Crippen molar-refractivity contribution in [1.29, 1.82) is 0 Å². The van der Waals surface area contributed by atoms with Crippen LogP contribution in [-0.4, -0.2) is 41.6 Å². The number of amides is 1. The summed E-state index contributed by atoms with van der Waals surface area (Å²) in [5.74, 6) is 2.24. The molecule has 0 spiro atoms. The number of imidazole rings is 1. The van der Waals surface area contributed by atoms with Gasteiger partial charge in [0.15, 0.2) is 11.5 Å². The van der Waals surface area contributed by atoms with E-state index in [2.05, 4.69) is 4.57 Å². The number of nitrogens with zero attached hydrogens (tertiary/aromatic N) is 3. The summed E-state index contributed by atoms with van der Waals surface area (Å²) < 4.78 is 12.9. The second-order valence-electron chi connectivity index (χ2n) is 6.17. The Bertz CT molecular complexity index is 933. The Balaban J connectivity index is 2.01. The highest BCUT2D eigenvalue weighted by Crippen LogP contribution is 2.28. The highest BCUT2D eigenvalue weighted by atomic mass is 16.5. The van der Waals surface area contributed by atoms with Crippen LogP contribution in [0, 0.1) is 0 Å². The number of rotatable bonds is 6. The molecule has 0 saturated carbocycles. The van der Waals surface area contributed by atoms with Gasteiger partial charge in [0.1, 0.15) is 5.82 Å². The lowest BCUT2D eigenvalue weighted by Crippen LogP contribution is -2.25. The Morgan fingerprint density at radius 3 is 2.54 bits per heavy atom. The number of para-hydroxylation sites is 2. The second kappa shape index (κ2) is 7.47. The van der Waals surface area contributed by atoms with E-state index in [0.29, 0.717) is 24.6 Å². The zero-order chi connectivity index (χ0) is 18.7. The van der Waals surface area contributed by atoms with Gasteiger partial charge in [-0.3, -0.25) is 4.79 Å². The Morgan fingerprint density at radius 1 is 1.12 bits per heavy atom. The maximum absolute atomic E-state index is 11.6. The van der Waals surface area contributed by atoms with Crippen LogP contribution in [-0.2, 0) is 17.9 Å². The molecule has 26 heavy (non-hydrogen) atoms. The molecular formula is C20H23N3O3. The van der Waals surface area contributed by atoms with E-state index in [1.807, 2.05) is 42.5 Å². The first kappa shape index (κ1) is 17.8. The number of fused-ring (bicyclic) bond motifs is 1. The summed E-state index contributed by atoms with van der Waals surface area (Å²) in [5.41, 5.74) is 3.02. The number of aromatic nitrogens is 2. The Hall–Kier alpha value is -3.02. The number of methoxy groups -OCH3 is 2. The average Bonchev–Trinajstić information content (AvgIpc) is 2.98. The van der Waals surface area contributed by atoms with E-state index in [-0.39, 0.29) is 5.91 Å². The number of ether oxygens (including phenoxy) is 2. The molecule has 6 heteroatoms. The number of hydrogen-bond donors (Lipinski definition) is 0. The van der Waals surface area contributed by atoms with Gasteiger partial charge in [0.2, 0.25) is 5.91 Å². The number of hydrogen-bond acceptors (Lipinski definition) is 4. The standard InChI is InChI=1S/C20H23N3O3/c1-14(24)22(2)13-20-21-16-7-5-6-8-17(16)23(20)12-15-9-10-18(25-3)19(11-15)26-4/h5-11H,12-13H2,1-4H3. The number of benzene rings is 2. The van der Waals surface area contributed by atoms with Crippen LogP contribution in [0.4, 0.5) is 0 Å². The van der Waals surface area contributed by atoms with Crippen LogP contribution in [0.25, 0.3) is 11.0 Å². The van der Waals surface area contributed by atoms with E-state index < -0.39 is 0 Å². The van der Waals surface area contributed by atoms with Gasteiger partial charge in [0, 0.05) is 20.5 Å².